The highest BCUT2D eigenvalue weighted by Crippen LogP contribution is 2.47. The van der Waals surface area contributed by atoms with Gasteiger partial charge in [0.1, 0.15) is 12.1 Å². The molecule has 0 aromatic carbocycles. The summed E-state index contributed by atoms with van der Waals surface area (Å²) >= 11 is 1.73. The van der Waals surface area contributed by atoms with Gasteiger partial charge in [-0.2, -0.15) is 10.5 Å². The standard InChI is InChI=1S/C18H17N3S/c1-2-11-7-8-16(22-11)17-13-6-4-3-5-12(13)14(9-19)18(21)15(17)10-20/h5,7-8,13H,2-4,6,21H2,1H3. The van der Waals surface area contributed by atoms with Crippen molar-refractivity contribution >= 4 is 16.9 Å². The topological polar surface area (TPSA) is 73.6 Å². The quantitative estimate of drug-likeness (QED) is 0.895. The number of allylic oxidation sites excluding steroid dienone is 5. The van der Waals surface area contributed by atoms with Crippen LogP contribution in [0.25, 0.3) is 5.57 Å². The van der Waals surface area contributed by atoms with E-state index >= 15 is 0 Å². The molecule has 0 saturated heterocycles. The van der Waals surface area contributed by atoms with Gasteiger partial charge in [0.25, 0.3) is 0 Å². The van der Waals surface area contributed by atoms with Gasteiger partial charge in [-0.15, -0.1) is 11.3 Å². The Balaban J connectivity index is 2.26. The van der Waals surface area contributed by atoms with Gasteiger partial charge in [-0.05, 0) is 49.0 Å². The lowest BCUT2D eigenvalue weighted by atomic mass is 9.72. The first-order valence-corrected chi connectivity index (χ1v) is 8.36. The summed E-state index contributed by atoms with van der Waals surface area (Å²) in [6.45, 7) is 2.13. The first-order valence-electron chi connectivity index (χ1n) is 7.55. The maximum Gasteiger partial charge on any atom is 0.102 e. The van der Waals surface area contributed by atoms with Crippen LogP contribution in [0.5, 0.6) is 0 Å². The monoisotopic (exact) mass is 307 g/mol. The number of nitriles is 2. The van der Waals surface area contributed by atoms with Crippen LogP contribution in [0, 0.1) is 28.6 Å². The first kappa shape index (κ1) is 14.6. The van der Waals surface area contributed by atoms with E-state index in [1.54, 1.807) is 11.3 Å². The van der Waals surface area contributed by atoms with Gasteiger partial charge in [0.05, 0.1) is 16.8 Å². The van der Waals surface area contributed by atoms with Gasteiger partial charge in [0.15, 0.2) is 0 Å². The molecule has 0 spiro atoms. The fraction of sp³-hybridized carbons (Fsp3) is 0.333. The summed E-state index contributed by atoms with van der Waals surface area (Å²) in [5.74, 6) is 0.133. The molecule has 1 aromatic heterocycles. The number of hydrogen-bond acceptors (Lipinski definition) is 4. The third kappa shape index (κ3) is 2.17. The maximum atomic E-state index is 9.61. The molecule has 110 valence electrons. The van der Waals surface area contributed by atoms with Crippen LogP contribution < -0.4 is 5.73 Å². The Morgan fingerprint density at radius 2 is 2.05 bits per heavy atom. The molecule has 2 N–H and O–H groups in total. The molecule has 0 fully saturated rings. The van der Waals surface area contributed by atoms with E-state index in [-0.39, 0.29) is 5.92 Å². The average Bonchev–Trinajstić information content (AvgIpc) is 3.02. The van der Waals surface area contributed by atoms with E-state index in [4.69, 9.17) is 5.73 Å². The van der Waals surface area contributed by atoms with Gasteiger partial charge in [-0.1, -0.05) is 13.0 Å². The number of rotatable bonds is 2. The van der Waals surface area contributed by atoms with Gasteiger partial charge >= 0.3 is 0 Å². The molecule has 3 rings (SSSR count). The number of thiophene rings is 1. The molecule has 4 heteroatoms. The van der Waals surface area contributed by atoms with Crippen molar-refractivity contribution in [2.45, 2.75) is 32.6 Å². The van der Waals surface area contributed by atoms with E-state index in [0.29, 0.717) is 16.8 Å². The molecule has 22 heavy (non-hydrogen) atoms. The minimum Gasteiger partial charge on any atom is -0.397 e. The third-order valence-corrected chi connectivity index (χ3v) is 5.64. The minimum absolute atomic E-state index is 0.133. The van der Waals surface area contributed by atoms with Crippen LogP contribution in [0.3, 0.4) is 0 Å². The van der Waals surface area contributed by atoms with E-state index in [0.717, 1.165) is 41.7 Å². The van der Waals surface area contributed by atoms with Gasteiger partial charge in [-0.25, -0.2) is 0 Å². The van der Waals surface area contributed by atoms with Crippen LogP contribution in [-0.4, -0.2) is 0 Å². The van der Waals surface area contributed by atoms with E-state index in [2.05, 4.69) is 37.3 Å². The molecule has 3 nitrogen and oxygen atoms in total. The SMILES string of the molecule is CCc1ccc(C2=C(C#N)C(N)=C(C#N)C3=CCCCC32)s1. The number of hydrogen-bond donors (Lipinski definition) is 1. The highest BCUT2D eigenvalue weighted by Gasteiger charge is 2.34. The van der Waals surface area contributed by atoms with Crippen LogP contribution in [0.2, 0.25) is 0 Å². The fourth-order valence-electron chi connectivity index (χ4n) is 3.31. The molecule has 0 saturated carbocycles. The number of nitrogens with two attached hydrogens (primary N) is 1. The van der Waals surface area contributed by atoms with Crippen molar-refractivity contribution in [3.8, 4) is 12.1 Å². The highest BCUT2D eigenvalue weighted by molar-refractivity contribution is 7.13. The number of fused-ring (bicyclic) bond motifs is 1. The predicted octanol–water partition coefficient (Wildman–Crippen LogP) is 4.06. The summed E-state index contributed by atoms with van der Waals surface area (Å²) in [4.78, 5) is 2.42. The minimum atomic E-state index is 0.133. The summed E-state index contributed by atoms with van der Waals surface area (Å²) in [6.07, 6.45) is 6.15. The molecule has 2 aliphatic carbocycles. The molecular formula is C18H17N3S. The average molecular weight is 307 g/mol. The zero-order chi connectivity index (χ0) is 15.7. The fourth-order valence-corrected chi connectivity index (χ4v) is 4.36. The molecule has 0 aliphatic heterocycles. The summed E-state index contributed by atoms with van der Waals surface area (Å²) in [6, 6.07) is 8.67. The second kappa shape index (κ2) is 5.83. The smallest absolute Gasteiger partial charge is 0.102 e. The molecular weight excluding hydrogens is 290 g/mol. The lowest BCUT2D eigenvalue weighted by Crippen LogP contribution is -2.22. The van der Waals surface area contributed by atoms with Crippen LogP contribution in [0.4, 0.5) is 0 Å². The maximum absolute atomic E-state index is 9.61. The van der Waals surface area contributed by atoms with Crippen molar-refractivity contribution in [1.29, 1.82) is 10.5 Å². The lowest BCUT2D eigenvalue weighted by Gasteiger charge is -2.31. The highest BCUT2D eigenvalue weighted by atomic mass is 32.1. The van der Waals surface area contributed by atoms with E-state index in [1.165, 1.54) is 4.88 Å². The van der Waals surface area contributed by atoms with Crippen molar-refractivity contribution in [2.24, 2.45) is 11.7 Å². The summed E-state index contributed by atoms with van der Waals surface area (Å²) < 4.78 is 0. The van der Waals surface area contributed by atoms with E-state index in [1.807, 2.05) is 0 Å². The van der Waals surface area contributed by atoms with Crippen molar-refractivity contribution in [1.82, 2.24) is 0 Å². The van der Waals surface area contributed by atoms with Crippen molar-refractivity contribution in [3.63, 3.8) is 0 Å². The Morgan fingerprint density at radius 3 is 2.68 bits per heavy atom. The number of aryl methyl sites for hydroxylation is 1. The molecule has 0 amide bonds. The summed E-state index contributed by atoms with van der Waals surface area (Å²) in [5.41, 5.74) is 9.53. The van der Waals surface area contributed by atoms with Gasteiger partial charge in [0.2, 0.25) is 0 Å². The molecule has 1 unspecified atom stereocenters. The second-order valence-electron chi connectivity index (χ2n) is 5.56. The molecule has 2 aliphatic rings. The summed E-state index contributed by atoms with van der Waals surface area (Å²) in [5, 5.41) is 19.1. The third-order valence-electron chi connectivity index (χ3n) is 4.38. The van der Waals surface area contributed by atoms with Crippen molar-refractivity contribution in [3.05, 3.63) is 50.4 Å². The zero-order valence-corrected chi connectivity index (χ0v) is 13.3. The lowest BCUT2D eigenvalue weighted by molar-refractivity contribution is 0.613. The van der Waals surface area contributed by atoms with Crippen LogP contribution >= 0.6 is 11.3 Å². The van der Waals surface area contributed by atoms with Crippen LogP contribution in [0.15, 0.2) is 40.6 Å². The Labute approximate surface area is 134 Å². The normalized spacial score (nSPS) is 21.0. The molecule has 1 atom stereocenters. The largest absolute Gasteiger partial charge is 0.397 e. The zero-order valence-electron chi connectivity index (χ0n) is 12.5. The van der Waals surface area contributed by atoms with Crippen LogP contribution in [-0.2, 0) is 6.42 Å². The first-order chi connectivity index (χ1) is 10.7. The van der Waals surface area contributed by atoms with Gasteiger partial charge in [0, 0.05) is 15.7 Å². The predicted molar refractivity (Wildman–Crippen MR) is 88.5 cm³/mol. The second-order valence-corrected chi connectivity index (χ2v) is 6.73. The Hall–Kier alpha value is -2.30. The van der Waals surface area contributed by atoms with E-state index < -0.39 is 0 Å². The van der Waals surface area contributed by atoms with Crippen molar-refractivity contribution < 1.29 is 0 Å². The molecule has 1 aromatic rings. The van der Waals surface area contributed by atoms with Gasteiger partial charge < -0.3 is 5.73 Å². The summed E-state index contributed by atoms with van der Waals surface area (Å²) in [7, 11) is 0. The Bertz CT molecular complexity index is 793. The molecule has 0 bridgehead atoms. The van der Waals surface area contributed by atoms with Gasteiger partial charge in [-0.3, -0.25) is 0 Å². The Morgan fingerprint density at radius 1 is 1.27 bits per heavy atom. The molecule has 1 heterocycles. The Kier molecular flexibility index (Phi) is 3.88. The van der Waals surface area contributed by atoms with E-state index in [9.17, 15) is 10.5 Å². The number of nitrogens with zero attached hydrogens (tertiary/aromatic N) is 2. The molecule has 0 radical (unpaired) electrons. The van der Waals surface area contributed by atoms with Crippen LogP contribution in [0.1, 0.15) is 35.9 Å². The van der Waals surface area contributed by atoms with Crippen molar-refractivity contribution in [2.75, 3.05) is 0 Å².